The van der Waals surface area contributed by atoms with Crippen LogP contribution in [0.1, 0.15) is 17.3 Å². The molecule has 1 aromatic rings. The quantitative estimate of drug-likeness (QED) is 0.785. The maximum absolute atomic E-state index is 12.7. The van der Waals surface area contributed by atoms with Crippen molar-refractivity contribution in [1.82, 2.24) is 14.1 Å². The largest absolute Gasteiger partial charge is 0.450 e. The summed E-state index contributed by atoms with van der Waals surface area (Å²) >= 11 is 0. The van der Waals surface area contributed by atoms with Gasteiger partial charge in [-0.15, -0.1) is 0 Å². The zero-order valence-electron chi connectivity index (χ0n) is 14.6. The van der Waals surface area contributed by atoms with Crippen molar-refractivity contribution in [3.63, 3.8) is 0 Å². The average Bonchev–Trinajstić information content (AvgIpc) is 2.61. The second-order valence-corrected chi connectivity index (χ2v) is 7.75. The Labute approximate surface area is 148 Å². The Kier molecular flexibility index (Phi) is 6.02. The molecule has 8 nitrogen and oxygen atoms in total. The number of hydrogen-bond donors (Lipinski definition) is 0. The van der Waals surface area contributed by atoms with Crippen LogP contribution in [0, 0.1) is 0 Å². The highest BCUT2D eigenvalue weighted by Gasteiger charge is 2.30. The molecule has 1 fully saturated rings. The minimum atomic E-state index is -3.66. The Bertz CT molecular complexity index is 723. The first-order valence-electron chi connectivity index (χ1n) is 8.01. The highest BCUT2D eigenvalue weighted by Crippen LogP contribution is 2.19. The van der Waals surface area contributed by atoms with Gasteiger partial charge in [0.1, 0.15) is 0 Å². The number of rotatable bonds is 4. The van der Waals surface area contributed by atoms with Crippen molar-refractivity contribution >= 4 is 22.0 Å². The molecule has 0 N–H and O–H groups in total. The first-order valence-corrected chi connectivity index (χ1v) is 9.45. The lowest BCUT2D eigenvalue weighted by Crippen LogP contribution is -2.50. The zero-order chi connectivity index (χ0) is 18.6. The third-order valence-electron chi connectivity index (χ3n) is 3.91. The van der Waals surface area contributed by atoms with Crippen LogP contribution in [0.2, 0.25) is 0 Å². The molecule has 0 atom stereocenters. The fraction of sp³-hybridized carbons (Fsp3) is 0.500. The summed E-state index contributed by atoms with van der Waals surface area (Å²) in [7, 11) is -0.387. The van der Waals surface area contributed by atoms with Crippen LogP contribution in [-0.2, 0) is 14.8 Å². The molecule has 138 valence electrons. The SMILES string of the molecule is CCOC(=O)N1CCN(S(=O)(=O)c2ccc(C(=O)N(C)C)cc2)CC1. The van der Waals surface area contributed by atoms with Crippen molar-refractivity contribution in [2.24, 2.45) is 0 Å². The van der Waals surface area contributed by atoms with E-state index in [0.717, 1.165) is 0 Å². The third-order valence-corrected chi connectivity index (χ3v) is 5.82. The summed E-state index contributed by atoms with van der Waals surface area (Å²) in [5, 5.41) is 0. The van der Waals surface area contributed by atoms with Gasteiger partial charge in [0.15, 0.2) is 0 Å². The van der Waals surface area contributed by atoms with E-state index >= 15 is 0 Å². The van der Waals surface area contributed by atoms with Crippen molar-refractivity contribution in [3.05, 3.63) is 29.8 Å². The number of carbonyl (C=O) groups is 2. The highest BCUT2D eigenvalue weighted by atomic mass is 32.2. The summed E-state index contributed by atoms with van der Waals surface area (Å²) in [4.78, 5) is 26.6. The predicted octanol–water partition coefficient (Wildman–Crippen LogP) is 0.851. The smallest absolute Gasteiger partial charge is 0.409 e. The number of sulfonamides is 1. The van der Waals surface area contributed by atoms with Crippen LogP contribution in [0.25, 0.3) is 0 Å². The normalized spacial score (nSPS) is 15.7. The van der Waals surface area contributed by atoms with E-state index in [2.05, 4.69) is 0 Å². The van der Waals surface area contributed by atoms with E-state index in [9.17, 15) is 18.0 Å². The minimum Gasteiger partial charge on any atom is -0.450 e. The molecule has 1 aliphatic rings. The van der Waals surface area contributed by atoms with Gasteiger partial charge in [0.05, 0.1) is 11.5 Å². The average molecular weight is 369 g/mol. The summed E-state index contributed by atoms with van der Waals surface area (Å²) in [6, 6.07) is 5.88. The maximum atomic E-state index is 12.7. The molecule has 2 rings (SSSR count). The standard InChI is InChI=1S/C16H23N3O5S/c1-4-24-16(21)18-9-11-19(12-10-18)25(22,23)14-7-5-13(6-8-14)15(20)17(2)3/h5-8H,4,9-12H2,1-3H3. The molecule has 0 saturated carbocycles. The number of benzene rings is 1. The van der Waals surface area contributed by atoms with E-state index < -0.39 is 16.1 Å². The second kappa shape index (κ2) is 7.83. The Balaban J connectivity index is 2.07. The summed E-state index contributed by atoms with van der Waals surface area (Å²) in [5.74, 6) is -0.188. The molecular formula is C16H23N3O5S. The van der Waals surface area contributed by atoms with E-state index in [-0.39, 0.29) is 43.6 Å². The van der Waals surface area contributed by atoms with Gasteiger partial charge in [-0.1, -0.05) is 0 Å². The van der Waals surface area contributed by atoms with Crippen LogP contribution < -0.4 is 0 Å². The van der Waals surface area contributed by atoms with Crippen molar-refractivity contribution in [3.8, 4) is 0 Å². The van der Waals surface area contributed by atoms with E-state index in [1.54, 1.807) is 21.0 Å². The summed E-state index contributed by atoms with van der Waals surface area (Å²) in [6.07, 6.45) is -0.425. The molecule has 0 spiro atoms. The molecule has 25 heavy (non-hydrogen) atoms. The lowest BCUT2D eigenvalue weighted by molar-refractivity contribution is 0.0827. The highest BCUT2D eigenvalue weighted by molar-refractivity contribution is 7.89. The molecule has 0 aromatic heterocycles. The van der Waals surface area contributed by atoms with Gasteiger partial charge in [0, 0.05) is 45.8 Å². The fourth-order valence-corrected chi connectivity index (χ4v) is 3.92. The van der Waals surface area contributed by atoms with E-state index in [4.69, 9.17) is 4.74 Å². The molecule has 0 aliphatic carbocycles. The summed E-state index contributed by atoms with van der Waals surface area (Å²) < 4.78 is 31.7. The van der Waals surface area contributed by atoms with Crippen LogP contribution in [0.15, 0.2) is 29.2 Å². The van der Waals surface area contributed by atoms with Crippen LogP contribution >= 0.6 is 0 Å². The molecule has 0 unspecified atom stereocenters. The van der Waals surface area contributed by atoms with Gasteiger partial charge < -0.3 is 14.5 Å². The second-order valence-electron chi connectivity index (χ2n) is 5.81. The lowest BCUT2D eigenvalue weighted by Gasteiger charge is -2.33. The van der Waals surface area contributed by atoms with Gasteiger partial charge in [0.2, 0.25) is 10.0 Å². The Morgan fingerprint density at radius 1 is 1.08 bits per heavy atom. The molecule has 0 radical (unpaired) electrons. The molecular weight excluding hydrogens is 346 g/mol. The van der Waals surface area contributed by atoms with Crippen molar-refractivity contribution in [1.29, 1.82) is 0 Å². The number of carbonyl (C=O) groups excluding carboxylic acids is 2. The summed E-state index contributed by atoms with van der Waals surface area (Å²) in [5.41, 5.74) is 0.427. The predicted molar refractivity (Wildman–Crippen MR) is 91.8 cm³/mol. The van der Waals surface area contributed by atoms with E-state index in [1.165, 1.54) is 38.4 Å². The van der Waals surface area contributed by atoms with Crippen LogP contribution in [0.3, 0.4) is 0 Å². The van der Waals surface area contributed by atoms with Gasteiger partial charge in [-0.2, -0.15) is 4.31 Å². The molecule has 0 bridgehead atoms. The van der Waals surface area contributed by atoms with Crippen LogP contribution in [0.4, 0.5) is 4.79 Å². The Hall–Kier alpha value is -2.13. The molecule has 9 heteroatoms. The summed E-state index contributed by atoms with van der Waals surface area (Å²) in [6.45, 7) is 3.00. The zero-order valence-corrected chi connectivity index (χ0v) is 15.5. The maximum Gasteiger partial charge on any atom is 0.409 e. The number of ether oxygens (including phenoxy) is 1. The molecule has 1 saturated heterocycles. The van der Waals surface area contributed by atoms with E-state index in [0.29, 0.717) is 5.56 Å². The van der Waals surface area contributed by atoms with Crippen molar-refractivity contribution < 1.29 is 22.7 Å². The monoisotopic (exact) mass is 369 g/mol. The number of amides is 2. The number of hydrogen-bond acceptors (Lipinski definition) is 5. The fourth-order valence-electron chi connectivity index (χ4n) is 2.50. The van der Waals surface area contributed by atoms with Crippen molar-refractivity contribution in [2.75, 3.05) is 46.9 Å². The van der Waals surface area contributed by atoms with Gasteiger partial charge in [-0.3, -0.25) is 4.79 Å². The molecule has 1 aromatic carbocycles. The Morgan fingerprint density at radius 3 is 2.12 bits per heavy atom. The van der Waals surface area contributed by atoms with Crippen molar-refractivity contribution in [2.45, 2.75) is 11.8 Å². The third kappa shape index (κ3) is 4.29. The van der Waals surface area contributed by atoms with Gasteiger partial charge in [-0.05, 0) is 31.2 Å². The van der Waals surface area contributed by atoms with Crippen LogP contribution in [0.5, 0.6) is 0 Å². The van der Waals surface area contributed by atoms with Gasteiger partial charge in [0.25, 0.3) is 5.91 Å². The number of piperazine rings is 1. The number of nitrogens with zero attached hydrogens (tertiary/aromatic N) is 3. The first kappa shape index (κ1) is 19.2. The molecule has 1 aliphatic heterocycles. The van der Waals surface area contributed by atoms with E-state index in [1.807, 2.05) is 0 Å². The Morgan fingerprint density at radius 2 is 1.64 bits per heavy atom. The van der Waals surface area contributed by atoms with Crippen LogP contribution in [-0.4, -0.2) is 81.4 Å². The topological polar surface area (TPSA) is 87.2 Å². The minimum absolute atomic E-state index is 0.132. The molecule has 1 heterocycles. The first-order chi connectivity index (χ1) is 11.8. The molecule has 2 amide bonds. The van der Waals surface area contributed by atoms with Gasteiger partial charge >= 0.3 is 6.09 Å². The lowest BCUT2D eigenvalue weighted by atomic mass is 10.2. The van der Waals surface area contributed by atoms with Gasteiger partial charge in [-0.25, -0.2) is 13.2 Å².